The molecule has 1 aliphatic heterocycles. The third-order valence-corrected chi connectivity index (χ3v) is 5.67. The molecule has 4 rings (SSSR count). The fourth-order valence-electron chi connectivity index (χ4n) is 3.90. The van der Waals surface area contributed by atoms with Crippen LogP contribution in [-0.4, -0.2) is 25.9 Å². The Morgan fingerprint density at radius 1 is 0.750 bits per heavy atom. The number of amides is 2. The molecule has 1 N–H and O–H groups in total. The van der Waals surface area contributed by atoms with Crippen molar-refractivity contribution in [1.82, 2.24) is 0 Å². The van der Waals surface area contributed by atoms with Crippen molar-refractivity contribution in [2.24, 2.45) is 0 Å². The standard InChI is InChI=1S/C27H27N3O2/c1-17-6-9-20(10-7-17)24-25(28-21-11-13-22(14-12-21)29(4)5)27(32)30(26(24)31)23-15-8-18(2)16-19(23)3/h6-16,28H,1-5H3. The van der Waals surface area contributed by atoms with Crippen LogP contribution in [0.1, 0.15) is 22.3 Å². The maximum Gasteiger partial charge on any atom is 0.282 e. The molecule has 1 heterocycles. The maximum atomic E-state index is 13.6. The van der Waals surface area contributed by atoms with E-state index in [1.165, 1.54) is 4.90 Å². The van der Waals surface area contributed by atoms with Crippen molar-refractivity contribution < 1.29 is 9.59 Å². The molecule has 2 amide bonds. The van der Waals surface area contributed by atoms with Crippen LogP contribution in [-0.2, 0) is 9.59 Å². The SMILES string of the molecule is Cc1ccc(C2=C(Nc3ccc(N(C)C)cc3)C(=O)N(c3ccc(C)cc3C)C2=O)cc1. The molecule has 0 bridgehead atoms. The van der Waals surface area contributed by atoms with Gasteiger partial charge >= 0.3 is 0 Å². The maximum absolute atomic E-state index is 13.6. The van der Waals surface area contributed by atoms with Crippen molar-refractivity contribution in [3.8, 4) is 0 Å². The van der Waals surface area contributed by atoms with Gasteiger partial charge in [0.15, 0.2) is 0 Å². The summed E-state index contributed by atoms with van der Waals surface area (Å²) in [4.78, 5) is 30.4. The molecule has 0 spiro atoms. The van der Waals surface area contributed by atoms with Crippen LogP contribution in [0.2, 0.25) is 0 Å². The van der Waals surface area contributed by atoms with Gasteiger partial charge in [-0.3, -0.25) is 9.59 Å². The monoisotopic (exact) mass is 425 g/mol. The molecule has 3 aromatic rings. The second-order valence-corrected chi connectivity index (χ2v) is 8.42. The van der Waals surface area contributed by atoms with Gasteiger partial charge in [0.2, 0.25) is 0 Å². The van der Waals surface area contributed by atoms with Gasteiger partial charge in [-0.05, 0) is 62.2 Å². The van der Waals surface area contributed by atoms with E-state index in [1.807, 2.05) is 106 Å². The van der Waals surface area contributed by atoms with Crippen molar-refractivity contribution in [1.29, 1.82) is 0 Å². The minimum atomic E-state index is -0.353. The van der Waals surface area contributed by atoms with Gasteiger partial charge in [0.25, 0.3) is 11.8 Å². The summed E-state index contributed by atoms with van der Waals surface area (Å²) in [6.45, 7) is 5.90. The smallest absolute Gasteiger partial charge is 0.282 e. The Kier molecular flexibility index (Phi) is 5.57. The number of benzene rings is 3. The van der Waals surface area contributed by atoms with Gasteiger partial charge in [-0.15, -0.1) is 0 Å². The number of nitrogens with one attached hydrogen (secondary N) is 1. The Bertz CT molecular complexity index is 1220. The van der Waals surface area contributed by atoms with Crippen LogP contribution in [0.3, 0.4) is 0 Å². The first kappa shape index (κ1) is 21.4. The highest BCUT2D eigenvalue weighted by molar-refractivity contribution is 6.46. The number of rotatable bonds is 5. The first-order valence-corrected chi connectivity index (χ1v) is 10.6. The molecule has 0 saturated heterocycles. The Balaban J connectivity index is 1.80. The molecule has 0 saturated carbocycles. The lowest BCUT2D eigenvalue weighted by Crippen LogP contribution is -2.33. The number of aryl methyl sites for hydroxylation is 3. The third kappa shape index (κ3) is 3.89. The van der Waals surface area contributed by atoms with Crippen molar-refractivity contribution in [2.45, 2.75) is 20.8 Å². The zero-order valence-electron chi connectivity index (χ0n) is 19.1. The van der Waals surface area contributed by atoms with Gasteiger partial charge in [-0.2, -0.15) is 0 Å². The van der Waals surface area contributed by atoms with E-state index in [9.17, 15) is 9.59 Å². The summed E-state index contributed by atoms with van der Waals surface area (Å²) in [5.41, 5.74) is 6.84. The van der Waals surface area contributed by atoms with Crippen molar-refractivity contribution >= 4 is 34.4 Å². The number of carbonyl (C=O) groups excluding carboxylic acids is 2. The quantitative estimate of drug-likeness (QED) is 0.580. The second kappa shape index (κ2) is 8.35. The lowest BCUT2D eigenvalue weighted by atomic mass is 10.0. The molecule has 32 heavy (non-hydrogen) atoms. The van der Waals surface area contributed by atoms with Crippen LogP contribution in [0.15, 0.2) is 72.4 Å². The average Bonchev–Trinajstić information content (AvgIpc) is 2.99. The molecular weight excluding hydrogens is 398 g/mol. The number of carbonyl (C=O) groups is 2. The number of hydrogen-bond acceptors (Lipinski definition) is 4. The largest absolute Gasteiger partial charge is 0.378 e. The zero-order valence-corrected chi connectivity index (χ0v) is 19.1. The first-order chi connectivity index (χ1) is 15.3. The van der Waals surface area contributed by atoms with Gasteiger partial charge in [-0.25, -0.2) is 4.90 Å². The zero-order chi connectivity index (χ0) is 23.0. The summed E-state index contributed by atoms with van der Waals surface area (Å²) < 4.78 is 0. The molecule has 0 radical (unpaired) electrons. The molecule has 0 aromatic heterocycles. The summed E-state index contributed by atoms with van der Waals surface area (Å²) in [6.07, 6.45) is 0. The van der Waals surface area contributed by atoms with Gasteiger partial charge in [0.1, 0.15) is 5.70 Å². The Hall–Kier alpha value is -3.86. The molecule has 0 fully saturated rings. The van der Waals surface area contributed by atoms with Gasteiger partial charge in [0, 0.05) is 25.5 Å². The minimum absolute atomic E-state index is 0.288. The molecule has 162 valence electrons. The Morgan fingerprint density at radius 3 is 1.97 bits per heavy atom. The van der Waals surface area contributed by atoms with Crippen molar-refractivity contribution in [3.05, 3.63) is 94.7 Å². The molecule has 3 aromatic carbocycles. The summed E-state index contributed by atoms with van der Waals surface area (Å²) in [7, 11) is 3.95. The van der Waals surface area contributed by atoms with E-state index in [-0.39, 0.29) is 17.5 Å². The summed E-state index contributed by atoms with van der Waals surface area (Å²) in [5.74, 6) is -0.674. The van der Waals surface area contributed by atoms with E-state index in [0.29, 0.717) is 16.8 Å². The van der Waals surface area contributed by atoms with Crippen molar-refractivity contribution in [3.63, 3.8) is 0 Å². The van der Waals surface area contributed by atoms with Gasteiger partial charge < -0.3 is 10.2 Å². The molecule has 0 aliphatic carbocycles. The fourth-order valence-corrected chi connectivity index (χ4v) is 3.90. The summed E-state index contributed by atoms with van der Waals surface area (Å²) >= 11 is 0. The van der Waals surface area contributed by atoms with Gasteiger partial charge in [0.05, 0.1) is 11.3 Å². The molecule has 1 aliphatic rings. The summed E-state index contributed by atoms with van der Waals surface area (Å²) in [5, 5.41) is 3.23. The van der Waals surface area contributed by atoms with Crippen LogP contribution >= 0.6 is 0 Å². The lowest BCUT2D eigenvalue weighted by molar-refractivity contribution is -0.120. The van der Waals surface area contributed by atoms with E-state index in [0.717, 1.165) is 28.1 Å². The van der Waals surface area contributed by atoms with Crippen LogP contribution < -0.4 is 15.1 Å². The lowest BCUT2D eigenvalue weighted by Gasteiger charge is -2.18. The molecule has 5 heteroatoms. The van der Waals surface area contributed by atoms with E-state index >= 15 is 0 Å². The highest BCUT2D eigenvalue weighted by Crippen LogP contribution is 2.35. The summed E-state index contributed by atoms with van der Waals surface area (Å²) in [6, 6.07) is 21.2. The predicted molar refractivity (Wildman–Crippen MR) is 131 cm³/mol. The highest BCUT2D eigenvalue weighted by atomic mass is 16.2. The number of imide groups is 1. The Labute approximate surface area is 189 Å². The number of anilines is 3. The van der Waals surface area contributed by atoms with Crippen LogP contribution in [0, 0.1) is 20.8 Å². The minimum Gasteiger partial charge on any atom is -0.378 e. The molecule has 0 unspecified atom stereocenters. The molecular formula is C27H27N3O2. The molecule has 0 atom stereocenters. The number of hydrogen-bond donors (Lipinski definition) is 1. The Morgan fingerprint density at radius 2 is 1.38 bits per heavy atom. The van der Waals surface area contributed by atoms with E-state index in [2.05, 4.69) is 5.32 Å². The van der Waals surface area contributed by atoms with Crippen LogP contribution in [0.25, 0.3) is 5.57 Å². The average molecular weight is 426 g/mol. The van der Waals surface area contributed by atoms with E-state index in [1.54, 1.807) is 0 Å². The predicted octanol–water partition coefficient (Wildman–Crippen LogP) is 5.07. The topological polar surface area (TPSA) is 52.7 Å². The van der Waals surface area contributed by atoms with Gasteiger partial charge in [-0.1, -0.05) is 47.5 Å². The van der Waals surface area contributed by atoms with E-state index in [4.69, 9.17) is 0 Å². The van der Waals surface area contributed by atoms with Crippen molar-refractivity contribution in [2.75, 3.05) is 29.2 Å². The first-order valence-electron chi connectivity index (χ1n) is 10.6. The fraction of sp³-hybridized carbons (Fsp3) is 0.185. The van der Waals surface area contributed by atoms with Crippen LogP contribution in [0.5, 0.6) is 0 Å². The van der Waals surface area contributed by atoms with Crippen LogP contribution in [0.4, 0.5) is 17.1 Å². The van der Waals surface area contributed by atoms with E-state index < -0.39 is 0 Å². The molecule has 5 nitrogen and oxygen atoms in total. The normalized spacial score (nSPS) is 13.7. The highest BCUT2D eigenvalue weighted by Gasteiger charge is 2.40. The second-order valence-electron chi connectivity index (χ2n) is 8.42. The number of nitrogens with zero attached hydrogens (tertiary/aromatic N) is 2. The third-order valence-electron chi connectivity index (χ3n) is 5.67.